The van der Waals surface area contributed by atoms with Gasteiger partial charge in [0.25, 0.3) is 0 Å². The number of hydrogen-bond donors (Lipinski definition) is 0. The van der Waals surface area contributed by atoms with Crippen LogP contribution in [0.2, 0.25) is 0 Å². The fourth-order valence-corrected chi connectivity index (χ4v) is 6.09. The first-order valence-corrected chi connectivity index (χ1v) is 12.0. The number of furan rings is 1. The van der Waals surface area contributed by atoms with E-state index in [9.17, 15) is 0 Å². The Hall–Kier alpha value is -4.56. The lowest BCUT2D eigenvalue weighted by Crippen LogP contribution is -1.86. The van der Waals surface area contributed by atoms with Crippen molar-refractivity contribution in [3.05, 3.63) is 103 Å². The van der Waals surface area contributed by atoms with E-state index in [0.717, 1.165) is 16.9 Å². The first-order chi connectivity index (χ1) is 17.2. The van der Waals surface area contributed by atoms with Gasteiger partial charge in [0.15, 0.2) is 0 Å². The molecule has 1 aliphatic rings. The van der Waals surface area contributed by atoms with Crippen LogP contribution in [0.15, 0.2) is 102 Å². The van der Waals surface area contributed by atoms with Gasteiger partial charge in [-0.25, -0.2) is 0 Å². The van der Waals surface area contributed by atoms with E-state index >= 15 is 0 Å². The predicted molar refractivity (Wildman–Crippen MR) is 148 cm³/mol. The molecule has 0 saturated carbocycles. The van der Waals surface area contributed by atoms with E-state index in [1.165, 1.54) is 65.8 Å². The van der Waals surface area contributed by atoms with E-state index in [2.05, 4.69) is 109 Å². The van der Waals surface area contributed by atoms with Crippen LogP contribution in [-0.2, 0) is 7.05 Å². The van der Waals surface area contributed by atoms with Crippen LogP contribution in [0, 0.1) is 0 Å². The highest BCUT2D eigenvalue weighted by Gasteiger charge is 2.28. The molecule has 8 rings (SSSR count). The van der Waals surface area contributed by atoms with Crippen LogP contribution in [0.25, 0.3) is 83.2 Å². The van der Waals surface area contributed by atoms with Crippen LogP contribution in [0.3, 0.4) is 0 Å². The minimum absolute atomic E-state index is 0.931. The van der Waals surface area contributed by atoms with Crippen molar-refractivity contribution < 1.29 is 4.42 Å². The van der Waals surface area contributed by atoms with Crippen molar-refractivity contribution in [1.82, 2.24) is 4.57 Å². The second-order valence-electron chi connectivity index (χ2n) is 9.46. The first kappa shape index (κ1) is 18.8. The molecule has 2 nitrogen and oxygen atoms in total. The highest BCUT2D eigenvalue weighted by Crippen LogP contribution is 2.52. The predicted octanol–water partition coefficient (Wildman–Crippen LogP) is 9.19. The summed E-state index contributed by atoms with van der Waals surface area (Å²) in [5, 5.41) is 6.24. The molecule has 0 spiro atoms. The van der Waals surface area contributed by atoms with E-state index in [1.54, 1.807) is 0 Å². The maximum atomic E-state index is 6.45. The third-order valence-electron chi connectivity index (χ3n) is 7.74. The molecule has 5 aromatic carbocycles. The number of hydrogen-bond acceptors (Lipinski definition) is 1. The highest BCUT2D eigenvalue weighted by atomic mass is 16.3. The van der Waals surface area contributed by atoms with E-state index in [4.69, 9.17) is 4.42 Å². The van der Waals surface area contributed by atoms with Gasteiger partial charge in [-0.1, -0.05) is 67.3 Å². The molecule has 0 bridgehead atoms. The van der Waals surface area contributed by atoms with Gasteiger partial charge in [-0.3, -0.25) is 0 Å². The molecule has 35 heavy (non-hydrogen) atoms. The second kappa shape index (κ2) is 6.52. The molecule has 0 N–H and O–H groups in total. The number of rotatable bonds is 2. The van der Waals surface area contributed by atoms with Crippen LogP contribution >= 0.6 is 0 Å². The van der Waals surface area contributed by atoms with Crippen LogP contribution in [0.1, 0.15) is 5.56 Å². The van der Waals surface area contributed by atoms with Gasteiger partial charge in [0.05, 0.1) is 0 Å². The zero-order valence-corrected chi connectivity index (χ0v) is 19.3. The summed E-state index contributed by atoms with van der Waals surface area (Å²) < 4.78 is 8.72. The molecular weight excluding hydrogens is 426 g/mol. The number of nitrogens with zero attached hydrogens (tertiary/aromatic N) is 1. The summed E-state index contributed by atoms with van der Waals surface area (Å²) in [6.45, 7) is 4.01. The smallest absolute Gasteiger partial charge is 0.143 e. The summed E-state index contributed by atoms with van der Waals surface area (Å²) in [6, 6.07) is 32.8. The van der Waals surface area contributed by atoms with Gasteiger partial charge >= 0.3 is 0 Å². The lowest BCUT2D eigenvalue weighted by Gasteiger charge is -2.07. The summed E-state index contributed by atoms with van der Waals surface area (Å²) in [4.78, 5) is 0. The van der Waals surface area contributed by atoms with Crippen molar-refractivity contribution in [2.75, 3.05) is 0 Å². The third kappa shape index (κ3) is 2.33. The molecule has 1 aliphatic carbocycles. The Bertz CT molecular complexity index is 2030. The molecule has 0 radical (unpaired) electrons. The van der Waals surface area contributed by atoms with Crippen LogP contribution in [0.4, 0.5) is 0 Å². The minimum Gasteiger partial charge on any atom is -0.455 e. The van der Waals surface area contributed by atoms with Crippen molar-refractivity contribution in [3.8, 4) is 33.6 Å². The van der Waals surface area contributed by atoms with Crippen molar-refractivity contribution in [1.29, 1.82) is 0 Å². The number of benzene rings is 5. The Balaban J connectivity index is 1.37. The van der Waals surface area contributed by atoms with Gasteiger partial charge in [0.1, 0.15) is 11.3 Å². The SMILES string of the molecule is C=Cc1ccc2c3c(cccc13)-c1c-2oc2ccc(-c3ccc4c(c3)c3ccccc3n4C)cc12. The quantitative estimate of drug-likeness (QED) is 0.258. The summed E-state index contributed by atoms with van der Waals surface area (Å²) in [5.74, 6) is 0.975. The Morgan fingerprint density at radius 3 is 2.34 bits per heavy atom. The molecule has 7 aromatic rings. The van der Waals surface area contributed by atoms with Gasteiger partial charge in [0.2, 0.25) is 0 Å². The maximum Gasteiger partial charge on any atom is 0.143 e. The van der Waals surface area contributed by atoms with E-state index in [-0.39, 0.29) is 0 Å². The van der Waals surface area contributed by atoms with Gasteiger partial charge in [-0.2, -0.15) is 0 Å². The summed E-state index contributed by atoms with van der Waals surface area (Å²) in [6.07, 6.45) is 1.93. The Morgan fingerprint density at radius 2 is 1.46 bits per heavy atom. The molecule has 0 amide bonds. The molecule has 0 saturated heterocycles. The normalized spacial score (nSPS) is 12.3. The van der Waals surface area contributed by atoms with Gasteiger partial charge in [-0.15, -0.1) is 0 Å². The molecular formula is C33H21NO. The van der Waals surface area contributed by atoms with Crippen molar-refractivity contribution >= 4 is 49.6 Å². The Kier molecular flexibility index (Phi) is 3.51. The summed E-state index contributed by atoms with van der Waals surface area (Å²) >= 11 is 0. The second-order valence-corrected chi connectivity index (χ2v) is 9.46. The first-order valence-electron chi connectivity index (χ1n) is 12.0. The van der Waals surface area contributed by atoms with Gasteiger partial charge in [0, 0.05) is 50.8 Å². The van der Waals surface area contributed by atoms with E-state index in [1.807, 2.05) is 6.08 Å². The average Bonchev–Trinajstić information content (AvgIpc) is 3.53. The fourth-order valence-electron chi connectivity index (χ4n) is 6.09. The highest BCUT2D eigenvalue weighted by molar-refractivity contribution is 6.21. The zero-order chi connectivity index (χ0) is 23.3. The Morgan fingerprint density at radius 1 is 0.686 bits per heavy atom. The van der Waals surface area contributed by atoms with E-state index < -0.39 is 0 Å². The van der Waals surface area contributed by atoms with Crippen LogP contribution in [0.5, 0.6) is 0 Å². The van der Waals surface area contributed by atoms with Crippen molar-refractivity contribution in [2.45, 2.75) is 0 Å². The molecule has 0 fully saturated rings. The summed E-state index contributed by atoms with van der Waals surface area (Å²) in [5.41, 5.74) is 10.6. The fraction of sp³-hybridized carbons (Fsp3) is 0.0303. The van der Waals surface area contributed by atoms with Crippen molar-refractivity contribution in [3.63, 3.8) is 0 Å². The van der Waals surface area contributed by atoms with Crippen LogP contribution in [-0.4, -0.2) is 4.57 Å². The number of para-hydroxylation sites is 1. The third-order valence-corrected chi connectivity index (χ3v) is 7.74. The lowest BCUT2D eigenvalue weighted by atomic mass is 9.97. The lowest BCUT2D eigenvalue weighted by molar-refractivity contribution is 0.634. The molecule has 164 valence electrons. The number of fused-ring (bicyclic) bond motifs is 8. The van der Waals surface area contributed by atoms with Gasteiger partial charge < -0.3 is 8.98 Å². The van der Waals surface area contributed by atoms with Gasteiger partial charge in [-0.05, 0) is 64.0 Å². The number of aryl methyl sites for hydroxylation is 1. The largest absolute Gasteiger partial charge is 0.455 e. The topological polar surface area (TPSA) is 18.1 Å². The molecule has 2 aromatic heterocycles. The monoisotopic (exact) mass is 447 g/mol. The number of aromatic nitrogens is 1. The average molecular weight is 448 g/mol. The zero-order valence-electron chi connectivity index (χ0n) is 19.3. The van der Waals surface area contributed by atoms with Crippen molar-refractivity contribution in [2.24, 2.45) is 7.05 Å². The summed E-state index contributed by atoms with van der Waals surface area (Å²) in [7, 11) is 2.14. The minimum atomic E-state index is 0.931. The molecule has 2 heteroatoms. The molecule has 0 unspecified atom stereocenters. The van der Waals surface area contributed by atoms with Crippen LogP contribution < -0.4 is 0 Å². The molecule has 2 heterocycles. The standard InChI is InChI=1S/C33H21NO/c1-3-19-11-14-25-31-22(19)8-6-9-24(31)32-27-18-21(13-16-30(27)35-33(25)32)20-12-15-29-26(17-20)23-7-4-5-10-28(23)34(29)2/h3-18H,1H2,2H3. The van der Waals surface area contributed by atoms with E-state index in [0.29, 0.717) is 0 Å². The molecule has 0 aliphatic heterocycles. The Labute approximate surface area is 202 Å². The maximum absolute atomic E-state index is 6.45. The molecule has 0 atom stereocenters.